The van der Waals surface area contributed by atoms with Crippen molar-refractivity contribution in [3.63, 3.8) is 0 Å². The van der Waals surface area contributed by atoms with E-state index in [0.29, 0.717) is 0 Å². The van der Waals surface area contributed by atoms with Crippen LogP contribution in [0.1, 0.15) is 0 Å². The van der Waals surface area contributed by atoms with Crippen molar-refractivity contribution in [1.82, 2.24) is 9.66 Å². The molecule has 0 aromatic carbocycles. The van der Waals surface area contributed by atoms with Crippen molar-refractivity contribution in [3.8, 4) is 0 Å². The van der Waals surface area contributed by atoms with Gasteiger partial charge in [-0.25, -0.2) is 0 Å². The summed E-state index contributed by atoms with van der Waals surface area (Å²) in [4.78, 5) is 2.95. The molecule has 0 saturated carbocycles. The fourth-order valence-corrected chi connectivity index (χ4v) is 1.06. The number of nitrogens with one attached hydrogen (secondary N) is 1. The lowest BCUT2D eigenvalue weighted by molar-refractivity contribution is 1.04. The Labute approximate surface area is 57.4 Å². The van der Waals surface area contributed by atoms with E-state index in [1.54, 1.807) is 12.4 Å². The van der Waals surface area contributed by atoms with E-state index < -0.39 is 0 Å². The lowest BCUT2D eigenvalue weighted by Crippen LogP contribution is -2.04. The molecule has 0 saturated heterocycles. The zero-order valence-electron chi connectivity index (χ0n) is 5.33. The van der Waals surface area contributed by atoms with E-state index in [2.05, 4.69) is 4.98 Å². The first kappa shape index (κ1) is 5.22. The SMILES string of the molecule is Nc1c[nH]c2c1ccn2N. The maximum atomic E-state index is 5.59. The number of H-pyrrole nitrogens is 1. The Morgan fingerprint density at radius 1 is 1.50 bits per heavy atom. The van der Waals surface area contributed by atoms with Crippen LogP contribution in [0.25, 0.3) is 11.0 Å². The molecule has 2 heterocycles. The predicted octanol–water partition coefficient (Wildman–Crippen LogP) is 0.265. The summed E-state index contributed by atoms with van der Waals surface area (Å²) in [5.74, 6) is 5.52. The zero-order chi connectivity index (χ0) is 7.14. The van der Waals surface area contributed by atoms with Gasteiger partial charge in [0.05, 0.1) is 5.69 Å². The highest BCUT2D eigenvalue weighted by atomic mass is 15.3. The standard InChI is InChI=1S/C6H8N4/c7-5-3-9-6-4(5)1-2-10(6)8/h1-3,9H,7-8H2. The highest BCUT2D eigenvalue weighted by Crippen LogP contribution is 2.18. The van der Waals surface area contributed by atoms with Crippen molar-refractivity contribution < 1.29 is 0 Å². The van der Waals surface area contributed by atoms with Gasteiger partial charge in [-0.1, -0.05) is 0 Å². The zero-order valence-corrected chi connectivity index (χ0v) is 5.33. The van der Waals surface area contributed by atoms with E-state index in [9.17, 15) is 0 Å². The molecule has 0 unspecified atom stereocenters. The Morgan fingerprint density at radius 2 is 2.30 bits per heavy atom. The normalized spacial score (nSPS) is 10.8. The minimum atomic E-state index is 0.735. The molecule has 2 aromatic heterocycles. The molecule has 2 rings (SSSR count). The van der Waals surface area contributed by atoms with Crippen LogP contribution < -0.4 is 11.6 Å². The molecule has 5 N–H and O–H groups in total. The van der Waals surface area contributed by atoms with Crippen LogP contribution >= 0.6 is 0 Å². The van der Waals surface area contributed by atoms with Gasteiger partial charge in [-0.2, -0.15) is 0 Å². The van der Waals surface area contributed by atoms with Gasteiger partial charge in [-0.3, -0.25) is 4.68 Å². The van der Waals surface area contributed by atoms with Crippen LogP contribution in [0.4, 0.5) is 5.69 Å². The number of aromatic amines is 1. The van der Waals surface area contributed by atoms with Gasteiger partial charge in [-0.05, 0) is 6.07 Å². The molecule has 2 aromatic rings. The molecule has 0 aliphatic carbocycles. The third-order valence-corrected chi connectivity index (χ3v) is 1.59. The summed E-state index contributed by atoms with van der Waals surface area (Å²) < 4.78 is 1.51. The first-order chi connectivity index (χ1) is 4.79. The first-order valence-corrected chi connectivity index (χ1v) is 2.98. The van der Waals surface area contributed by atoms with Gasteiger partial charge in [-0.15, -0.1) is 0 Å². The molecule has 10 heavy (non-hydrogen) atoms. The third-order valence-electron chi connectivity index (χ3n) is 1.59. The number of hydrogen-bond donors (Lipinski definition) is 3. The lowest BCUT2D eigenvalue weighted by Gasteiger charge is -1.87. The second-order valence-corrected chi connectivity index (χ2v) is 2.23. The first-order valence-electron chi connectivity index (χ1n) is 2.98. The maximum absolute atomic E-state index is 5.59. The number of aromatic nitrogens is 2. The summed E-state index contributed by atoms with van der Waals surface area (Å²) in [5, 5.41) is 0.975. The number of fused-ring (bicyclic) bond motifs is 1. The molecule has 4 nitrogen and oxygen atoms in total. The topological polar surface area (TPSA) is 72.8 Å². The van der Waals surface area contributed by atoms with E-state index >= 15 is 0 Å². The Hall–Kier alpha value is -1.58. The summed E-state index contributed by atoms with van der Waals surface area (Å²) in [6, 6.07) is 1.88. The van der Waals surface area contributed by atoms with E-state index in [1.807, 2.05) is 6.07 Å². The highest BCUT2D eigenvalue weighted by molar-refractivity contribution is 5.89. The average molecular weight is 136 g/mol. The Kier molecular flexibility index (Phi) is 0.768. The summed E-state index contributed by atoms with van der Waals surface area (Å²) in [6.07, 6.45) is 3.49. The van der Waals surface area contributed by atoms with Crippen molar-refractivity contribution in [2.75, 3.05) is 11.6 Å². The summed E-state index contributed by atoms with van der Waals surface area (Å²) in [5.41, 5.74) is 7.18. The van der Waals surface area contributed by atoms with Crippen LogP contribution in [0.5, 0.6) is 0 Å². The second-order valence-electron chi connectivity index (χ2n) is 2.23. The van der Waals surface area contributed by atoms with Crippen molar-refractivity contribution >= 4 is 16.7 Å². The van der Waals surface area contributed by atoms with Gasteiger partial charge in [0.15, 0.2) is 0 Å². The van der Waals surface area contributed by atoms with Gasteiger partial charge < -0.3 is 16.6 Å². The van der Waals surface area contributed by atoms with E-state index in [-0.39, 0.29) is 0 Å². The fourth-order valence-electron chi connectivity index (χ4n) is 1.06. The quantitative estimate of drug-likeness (QED) is 0.455. The molecule has 0 atom stereocenters. The monoisotopic (exact) mass is 136 g/mol. The van der Waals surface area contributed by atoms with Crippen LogP contribution in [0.3, 0.4) is 0 Å². The van der Waals surface area contributed by atoms with Crippen molar-refractivity contribution in [1.29, 1.82) is 0 Å². The van der Waals surface area contributed by atoms with Crippen molar-refractivity contribution in [2.24, 2.45) is 0 Å². The molecule has 0 aliphatic heterocycles. The third kappa shape index (κ3) is 0.452. The number of nitrogens with zero attached hydrogens (tertiary/aromatic N) is 1. The maximum Gasteiger partial charge on any atom is 0.138 e. The number of nitrogen functional groups attached to an aromatic ring is 2. The van der Waals surface area contributed by atoms with Crippen LogP contribution in [0, 0.1) is 0 Å². The highest BCUT2D eigenvalue weighted by Gasteiger charge is 2.01. The summed E-state index contributed by atoms with van der Waals surface area (Å²) in [7, 11) is 0. The van der Waals surface area contributed by atoms with Crippen LogP contribution in [-0.4, -0.2) is 9.66 Å². The van der Waals surface area contributed by atoms with Gasteiger partial charge >= 0.3 is 0 Å². The van der Waals surface area contributed by atoms with Gasteiger partial charge in [0.2, 0.25) is 0 Å². The molecule has 0 amide bonds. The summed E-state index contributed by atoms with van der Waals surface area (Å²) in [6.45, 7) is 0. The molecule has 0 radical (unpaired) electrons. The predicted molar refractivity (Wildman–Crippen MR) is 40.9 cm³/mol. The van der Waals surface area contributed by atoms with Crippen molar-refractivity contribution in [2.45, 2.75) is 0 Å². The number of hydrogen-bond acceptors (Lipinski definition) is 2. The smallest absolute Gasteiger partial charge is 0.138 e. The number of anilines is 1. The molecule has 0 bridgehead atoms. The van der Waals surface area contributed by atoms with E-state index in [4.69, 9.17) is 11.6 Å². The molecular formula is C6H8N4. The van der Waals surface area contributed by atoms with Gasteiger partial charge in [0, 0.05) is 17.8 Å². The minimum absolute atomic E-state index is 0.735. The molecule has 4 heteroatoms. The van der Waals surface area contributed by atoms with Crippen LogP contribution in [-0.2, 0) is 0 Å². The molecule has 52 valence electrons. The Bertz CT molecular complexity index is 321. The molecular weight excluding hydrogens is 128 g/mol. The molecule has 0 spiro atoms. The molecule has 0 fully saturated rings. The number of rotatable bonds is 0. The lowest BCUT2D eigenvalue weighted by atomic mass is 10.4. The summed E-state index contributed by atoms with van der Waals surface area (Å²) >= 11 is 0. The fraction of sp³-hybridized carbons (Fsp3) is 0. The second kappa shape index (κ2) is 1.47. The van der Waals surface area contributed by atoms with Crippen LogP contribution in [0.2, 0.25) is 0 Å². The van der Waals surface area contributed by atoms with Crippen LogP contribution in [0.15, 0.2) is 18.5 Å². The van der Waals surface area contributed by atoms with Gasteiger partial charge in [0.25, 0.3) is 0 Å². The largest absolute Gasteiger partial charge is 0.397 e. The molecule has 0 aliphatic rings. The van der Waals surface area contributed by atoms with E-state index in [1.165, 1.54) is 4.68 Å². The van der Waals surface area contributed by atoms with Crippen molar-refractivity contribution in [3.05, 3.63) is 18.5 Å². The van der Waals surface area contributed by atoms with Gasteiger partial charge in [0.1, 0.15) is 5.65 Å². The Morgan fingerprint density at radius 3 is 3.00 bits per heavy atom. The minimum Gasteiger partial charge on any atom is -0.397 e. The average Bonchev–Trinajstić information content (AvgIpc) is 2.41. The van der Waals surface area contributed by atoms with E-state index in [0.717, 1.165) is 16.7 Å². The number of nitrogens with two attached hydrogens (primary N) is 2. The Balaban J connectivity index is 2.95.